The number of nitrogens with two attached hydrogens (primary N) is 2. The van der Waals surface area contributed by atoms with Crippen LogP contribution in [0.1, 0.15) is 49.0 Å². The number of nitrogens with one attached hydrogen (secondary N) is 1. The summed E-state index contributed by atoms with van der Waals surface area (Å²) in [6, 6.07) is 7.97. The molecule has 10 heteroatoms. The Hall–Kier alpha value is -4.08. The number of nitrogens with zero attached hydrogens (tertiary/aromatic N) is 5. The van der Waals surface area contributed by atoms with Crippen molar-refractivity contribution in [2.24, 2.45) is 16.6 Å². The molecule has 0 unspecified atom stereocenters. The number of nitrogen functional groups attached to an aromatic ring is 1. The zero-order valence-electron chi connectivity index (χ0n) is 19.9. The van der Waals surface area contributed by atoms with E-state index in [1.54, 1.807) is 12.4 Å². The van der Waals surface area contributed by atoms with Crippen molar-refractivity contribution in [3.8, 4) is 11.1 Å². The molecule has 182 valence electrons. The van der Waals surface area contributed by atoms with Gasteiger partial charge in [-0.3, -0.25) is 14.3 Å². The maximum Gasteiger partial charge on any atom is 0.281 e. The zero-order chi connectivity index (χ0) is 25.0. The van der Waals surface area contributed by atoms with Crippen LogP contribution in [0.15, 0.2) is 54.0 Å². The van der Waals surface area contributed by atoms with Gasteiger partial charge in [-0.2, -0.15) is 10.1 Å². The van der Waals surface area contributed by atoms with Crippen LogP contribution < -0.4 is 16.8 Å². The van der Waals surface area contributed by atoms with Gasteiger partial charge in [-0.25, -0.2) is 9.97 Å². The zero-order valence-corrected chi connectivity index (χ0v) is 19.9. The summed E-state index contributed by atoms with van der Waals surface area (Å²) in [6.45, 7) is 4.66. The van der Waals surface area contributed by atoms with Crippen LogP contribution in [0.2, 0.25) is 0 Å². The van der Waals surface area contributed by atoms with E-state index in [2.05, 4.69) is 25.4 Å². The Labute approximate surface area is 203 Å². The van der Waals surface area contributed by atoms with Crippen molar-refractivity contribution in [3.63, 3.8) is 0 Å². The second kappa shape index (κ2) is 10.0. The molecular weight excluding hydrogens is 444 g/mol. The predicted molar refractivity (Wildman–Crippen MR) is 133 cm³/mol. The fraction of sp³-hybridized carbons (Fsp3) is 0.360. The van der Waals surface area contributed by atoms with E-state index in [0.717, 1.165) is 36.0 Å². The minimum absolute atomic E-state index is 0.0362. The molecule has 1 saturated carbocycles. The summed E-state index contributed by atoms with van der Waals surface area (Å²) < 4.78 is 1.42. The topological polar surface area (TPSA) is 154 Å². The van der Waals surface area contributed by atoms with Crippen LogP contribution in [0.4, 0.5) is 5.95 Å². The smallest absolute Gasteiger partial charge is 0.281 e. The Kier molecular flexibility index (Phi) is 6.90. The van der Waals surface area contributed by atoms with Crippen LogP contribution in [0, 0.1) is 5.92 Å². The molecule has 1 aromatic carbocycles. The molecule has 5 N–H and O–H groups in total. The molecule has 0 atom stereocenters. The lowest BCUT2D eigenvalue weighted by molar-refractivity contribution is -0.122. The lowest BCUT2D eigenvalue weighted by atomic mass is 9.63. The van der Waals surface area contributed by atoms with E-state index in [9.17, 15) is 9.59 Å². The van der Waals surface area contributed by atoms with Gasteiger partial charge in [0.15, 0.2) is 0 Å². The second-order valence-corrected chi connectivity index (χ2v) is 9.27. The van der Waals surface area contributed by atoms with Crippen molar-refractivity contribution in [1.29, 1.82) is 0 Å². The van der Waals surface area contributed by atoms with Gasteiger partial charge in [0, 0.05) is 30.7 Å². The highest BCUT2D eigenvalue weighted by Gasteiger charge is 2.42. The van der Waals surface area contributed by atoms with Crippen molar-refractivity contribution >= 4 is 23.6 Å². The number of aliphatic imine (C=N–C) groups is 1. The summed E-state index contributed by atoms with van der Waals surface area (Å²) >= 11 is 0. The van der Waals surface area contributed by atoms with E-state index in [1.807, 2.05) is 38.1 Å². The number of carbonyl (C=O) groups excluding carboxylic acids is 2. The molecule has 3 aromatic rings. The molecular formula is C25H30N8O2. The van der Waals surface area contributed by atoms with Gasteiger partial charge in [-0.1, -0.05) is 44.5 Å². The molecule has 10 nitrogen and oxygen atoms in total. The number of rotatable bonds is 8. The highest BCUT2D eigenvalue weighted by atomic mass is 16.2. The number of anilines is 1. The summed E-state index contributed by atoms with van der Waals surface area (Å²) in [7, 11) is 0. The van der Waals surface area contributed by atoms with Crippen molar-refractivity contribution in [2.45, 2.75) is 45.1 Å². The average molecular weight is 475 g/mol. The van der Waals surface area contributed by atoms with Crippen LogP contribution >= 0.6 is 0 Å². The van der Waals surface area contributed by atoms with Crippen LogP contribution in [0.3, 0.4) is 0 Å². The number of hydrogen-bond donors (Lipinski definition) is 3. The number of amides is 2. The molecule has 0 saturated heterocycles. The highest BCUT2D eigenvalue weighted by Crippen LogP contribution is 2.44. The van der Waals surface area contributed by atoms with Crippen molar-refractivity contribution in [3.05, 3.63) is 60.2 Å². The Morgan fingerprint density at radius 2 is 1.80 bits per heavy atom. The summed E-state index contributed by atoms with van der Waals surface area (Å²) in [6.07, 6.45) is 8.92. The van der Waals surface area contributed by atoms with Crippen molar-refractivity contribution in [1.82, 2.24) is 25.1 Å². The summed E-state index contributed by atoms with van der Waals surface area (Å²) in [5, 5.41) is 6.94. The fourth-order valence-electron chi connectivity index (χ4n) is 4.05. The van der Waals surface area contributed by atoms with Crippen molar-refractivity contribution in [2.75, 3.05) is 12.3 Å². The first kappa shape index (κ1) is 24.1. The number of amidine groups is 1. The lowest BCUT2D eigenvalue weighted by Gasteiger charge is -2.41. The first-order valence-corrected chi connectivity index (χ1v) is 11.6. The van der Waals surface area contributed by atoms with Gasteiger partial charge in [0.2, 0.25) is 11.9 Å². The third-order valence-corrected chi connectivity index (χ3v) is 6.26. The molecule has 1 fully saturated rings. The molecule has 1 aliphatic rings. The maximum atomic E-state index is 12.8. The second-order valence-electron chi connectivity index (χ2n) is 9.27. The summed E-state index contributed by atoms with van der Waals surface area (Å²) in [5.41, 5.74) is 14.6. The van der Waals surface area contributed by atoms with Gasteiger partial charge >= 0.3 is 0 Å². The number of hydrogen-bond acceptors (Lipinski definition) is 6. The van der Waals surface area contributed by atoms with Gasteiger partial charge in [0.1, 0.15) is 12.4 Å². The highest BCUT2D eigenvalue weighted by molar-refractivity contribution is 6.06. The van der Waals surface area contributed by atoms with Gasteiger partial charge < -0.3 is 16.8 Å². The molecule has 0 aliphatic heterocycles. The quantitative estimate of drug-likeness (QED) is 0.334. The first-order valence-electron chi connectivity index (χ1n) is 11.6. The van der Waals surface area contributed by atoms with Gasteiger partial charge in [0.05, 0.1) is 17.2 Å². The van der Waals surface area contributed by atoms with Crippen molar-refractivity contribution < 1.29 is 9.59 Å². The van der Waals surface area contributed by atoms with Gasteiger partial charge in [-0.05, 0) is 29.9 Å². The largest absolute Gasteiger partial charge is 0.386 e. The molecule has 1 aliphatic carbocycles. The van der Waals surface area contributed by atoms with E-state index in [0.29, 0.717) is 18.3 Å². The molecule has 4 rings (SSSR count). The van der Waals surface area contributed by atoms with Crippen LogP contribution in [-0.4, -0.2) is 43.9 Å². The monoisotopic (exact) mass is 474 g/mol. The molecule has 2 heterocycles. The van der Waals surface area contributed by atoms with Crippen LogP contribution in [0.25, 0.3) is 11.1 Å². The first-order chi connectivity index (χ1) is 16.8. The summed E-state index contributed by atoms with van der Waals surface area (Å²) in [4.78, 5) is 37.1. The number of benzene rings is 1. The number of aromatic nitrogens is 4. The predicted octanol–water partition coefficient (Wildman–Crippen LogP) is 2.31. The van der Waals surface area contributed by atoms with E-state index in [1.165, 1.54) is 17.1 Å². The molecule has 2 aromatic heterocycles. The third-order valence-electron chi connectivity index (χ3n) is 6.26. The Morgan fingerprint density at radius 1 is 1.11 bits per heavy atom. The van der Waals surface area contributed by atoms with Crippen LogP contribution in [0.5, 0.6) is 0 Å². The van der Waals surface area contributed by atoms with E-state index in [4.69, 9.17) is 11.5 Å². The molecule has 35 heavy (non-hydrogen) atoms. The third kappa shape index (κ3) is 5.37. The lowest BCUT2D eigenvalue weighted by Crippen LogP contribution is -2.47. The van der Waals surface area contributed by atoms with Gasteiger partial charge in [-0.15, -0.1) is 0 Å². The molecule has 0 bridgehead atoms. The maximum absolute atomic E-state index is 12.8. The standard InChI is InChI=1S/C25H30N8O2/c1-16(2)10-28-21(34)15-33-14-19(13-31-33)22(35)32-23(26)25(8-3-9-25)20-6-4-17(5-7-20)18-11-29-24(27)30-12-18/h4-7,11-14,16H,3,8-10,15H2,1-2H3,(H,28,34)(H2,26,32,35)(H2,27,29,30). The normalized spacial score (nSPS) is 15.0. The van der Waals surface area contributed by atoms with Crippen LogP contribution in [-0.2, 0) is 16.8 Å². The molecule has 0 radical (unpaired) electrons. The molecule has 2 amide bonds. The van der Waals surface area contributed by atoms with E-state index >= 15 is 0 Å². The molecule has 0 spiro atoms. The Balaban J connectivity index is 1.47. The minimum atomic E-state index is -0.474. The Bertz CT molecular complexity index is 1230. The average Bonchev–Trinajstić information content (AvgIpc) is 3.26. The minimum Gasteiger partial charge on any atom is -0.386 e. The summed E-state index contributed by atoms with van der Waals surface area (Å²) in [5.74, 6) is 0.240. The fourth-order valence-corrected chi connectivity index (χ4v) is 4.05. The SMILES string of the molecule is CC(C)CNC(=O)Cn1cc(C(=O)N=C(N)C2(c3ccc(-c4cnc(N)nc4)cc3)CCC2)cn1. The number of carbonyl (C=O) groups is 2. The van der Waals surface area contributed by atoms with E-state index < -0.39 is 11.3 Å². The van der Waals surface area contributed by atoms with Gasteiger partial charge in [0.25, 0.3) is 5.91 Å². The van der Waals surface area contributed by atoms with E-state index in [-0.39, 0.29) is 24.0 Å². The Morgan fingerprint density at radius 3 is 2.40 bits per heavy atom.